The average Bonchev–Trinajstić information content (AvgIpc) is 3.04. The van der Waals surface area contributed by atoms with Gasteiger partial charge in [-0.25, -0.2) is 4.98 Å². The Bertz CT molecular complexity index is 1760. The Labute approximate surface area is 253 Å². The SMILES string of the molecule is CCCCCC(NC(=O)c1ccc2nc(NC(=O)c3ccccc3-c3ccc(C(F)(F)F)cc3)ccc2c1)c1ccccn1. The highest BCUT2D eigenvalue weighted by atomic mass is 19.4. The third-order valence-corrected chi connectivity index (χ3v) is 7.33. The van der Waals surface area contributed by atoms with Crippen molar-refractivity contribution in [3.63, 3.8) is 0 Å². The molecule has 0 fully saturated rings. The van der Waals surface area contributed by atoms with Crippen molar-refractivity contribution in [3.05, 3.63) is 126 Å². The first-order chi connectivity index (χ1) is 21.2. The van der Waals surface area contributed by atoms with Gasteiger partial charge in [0.2, 0.25) is 0 Å². The van der Waals surface area contributed by atoms with Gasteiger partial charge in [-0.15, -0.1) is 0 Å². The van der Waals surface area contributed by atoms with Crippen LogP contribution in [0.4, 0.5) is 19.0 Å². The highest BCUT2D eigenvalue weighted by Gasteiger charge is 2.30. The van der Waals surface area contributed by atoms with E-state index in [0.29, 0.717) is 33.6 Å². The van der Waals surface area contributed by atoms with E-state index in [9.17, 15) is 22.8 Å². The number of carbonyl (C=O) groups excluding carboxylic acids is 2. The highest BCUT2D eigenvalue weighted by Crippen LogP contribution is 2.32. The third-order valence-electron chi connectivity index (χ3n) is 7.33. The van der Waals surface area contributed by atoms with E-state index in [-0.39, 0.29) is 11.9 Å². The fourth-order valence-corrected chi connectivity index (χ4v) is 5.01. The Hall–Kier alpha value is -5.05. The Morgan fingerprint density at radius 2 is 1.61 bits per heavy atom. The molecule has 2 amide bonds. The maximum absolute atomic E-state index is 13.2. The van der Waals surface area contributed by atoms with E-state index in [2.05, 4.69) is 27.5 Å². The third kappa shape index (κ3) is 7.29. The van der Waals surface area contributed by atoms with E-state index in [0.717, 1.165) is 48.9 Å². The molecule has 3 aromatic carbocycles. The van der Waals surface area contributed by atoms with Crippen molar-refractivity contribution in [2.45, 2.75) is 44.8 Å². The summed E-state index contributed by atoms with van der Waals surface area (Å²) in [7, 11) is 0. The second kappa shape index (κ2) is 13.5. The van der Waals surface area contributed by atoms with Crippen LogP contribution in [0.15, 0.2) is 103 Å². The van der Waals surface area contributed by atoms with Crippen LogP contribution in [0.2, 0.25) is 0 Å². The highest BCUT2D eigenvalue weighted by molar-refractivity contribution is 6.08. The number of aromatic nitrogens is 2. The number of nitrogens with one attached hydrogen (secondary N) is 2. The minimum Gasteiger partial charge on any atom is -0.344 e. The molecule has 44 heavy (non-hydrogen) atoms. The molecule has 0 radical (unpaired) electrons. The minimum absolute atomic E-state index is 0.202. The number of nitrogens with zero attached hydrogens (tertiary/aromatic N) is 2. The van der Waals surface area contributed by atoms with Gasteiger partial charge in [0.05, 0.1) is 22.8 Å². The van der Waals surface area contributed by atoms with Crippen molar-refractivity contribution in [1.82, 2.24) is 15.3 Å². The fraction of sp³-hybridized carbons (Fsp3) is 0.200. The second-order valence-corrected chi connectivity index (χ2v) is 10.5. The standard InChI is InChI=1S/C35H31F3N4O2/c1-2-3-4-12-31(30-11-7-8-21-39-30)41-33(43)25-15-19-29-24(22-25)16-20-32(40-29)42-34(44)28-10-6-5-9-27(28)23-13-17-26(18-14-23)35(36,37)38/h5-11,13-22,31H,2-4,12H2,1H3,(H,41,43)(H,40,42,44). The first-order valence-electron chi connectivity index (χ1n) is 14.4. The summed E-state index contributed by atoms with van der Waals surface area (Å²) in [6.45, 7) is 2.14. The van der Waals surface area contributed by atoms with Crippen LogP contribution < -0.4 is 10.6 Å². The van der Waals surface area contributed by atoms with Gasteiger partial charge in [-0.2, -0.15) is 13.2 Å². The molecular weight excluding hydrogens is 565 g/mol. The average molecular weight is 597 g/mol. The predicted molar refractivity (Wildman–Crippen MR) is 165 cm³/mol. The maximum Gasteiger partial charge on any atom is 0.416 e. The molecule has 1 atom stereocenters. The number of rotatable bonds is 10. The van der Waals surface area contributed by atoms with Gasteiger partial charge in [-0.05, 0) is 78.2 Å². The molecule has 6 nitrogen and oxygen atoms in total. The predicted octanol–water partition coefficient (Wildman–Crippen LogP) is 8.62. The zero-order chi connectivity index (χ0) is 31.1. The van der Waals surface area contributed by atoms with Crippen LogP contribution >= 0.6 is 0 Å². The second-order valence-electron chi connectivity index (χ2n) is 10.5. The monoisotopic (exact) mass is 596 g/mol. The number of fused-ring (bicyclic) bond motifs is 1. The summed E-state index contributed by atoms with van der Waals surface area (Å²) in [4.78, 5) is 35.4. The number of benzene rings is 3. The zero-order valence-corrected chi connectivity index (χ0v) is 24.1. The molecule has 9 heteroatoms. The maximum atomic E-state index is 13.2. The number of hydrogen-bond donors (Lipinski definition) is 2. The summed E-state index contributed by atoms with van der Waals surface area (Å²) in [5.74, 6) is -0.364. The number of halogens is 3. The van der Waals surface area contributed by atoms with E-state index in [1.54, 1.807) is 60.8 Å². The lowest BCUT2D eigenvalue weighted by molar-refractivity contribution is -0.137. The topological polar surface area (TPSA) is 84.0 Å². The molecule has 5 rings (SSSR count). The van der Waals surface area contributed by atoms with Crippen LogP contribution in [0.25, 0.3) is 22.0 Å². The van der Waals surface area contributed by atoms with Crippen molar-refractivity contribution in [2.24, 2.45) is 0 Å². The largest absolute Gasteiger partial charge is 0.416 e. The number of unbranched alkanes of at least 4 members (excludes halogenated alkanes) is 2. The van der Waals surface area contributed by atoms with Crippen LogP contribution in [0.3, 0.4) is 0 Å². The van der Waals surface area contributed by atoms with Crippen LogP contribution in [-0.2, 0) is 6.18 Å². The summed E-state index contributed by atoms with van der Waals surface area (Å²) in [6, 6.07) is 25.4. The van der Waals surface area contributed by atoms with E-state index >= 15 is 0 Å². The molecule has 0 aliphatic rings. The number of pyridine rings is 2. The van der Waals surface area contributed by atoms with Gasteiger partial charge >= 0.3 is 6.18 Å². The molecule has 0 bridgehead atoms. The van der Waals surface area contributed by atoms with Crippen molar-refractivity contribution in [1.29, 1.82) is 0 Å². The summed E-state index contributed by atoms with van der Waals surface area (Å²) in [5, 5.41) is 6.63. The lowest BCUT2D eigenvalue weighted by atomic mass is 9.98. The Morgan fingerprint density at radius 3 is 2.34 bits per heavy atom. The number of anilines is 1. The van der Waals surface area contributed by atoms with Gasteiger partial charge in [0.25, 0.3) is 11.8 Å². The summed E-state index contributed by atoms with van der Waals surface area (Å²) < 4.78 is 39.1. The molecule has 0 saturated heterocycles. The van der Waals surface area contributed by atoms with Crippen molar-refractivity contribution in [2.75, 3.05) is 5.32 Å². The van der Waals surface area contributed by atoms with E-state index in [1.807, 2.05) is 18.2 Å². The van der Waals surface area contributed by atoms with E-state index in [1.165, 1.54) is 12.1 Å². The molecule has 2 N–H and O–H groups in total. The van der Waals surface area contributed by atoms with Crippen molar-refractivity contribution < 1.29 is 22.8 Å². The number of carbonyl (C=O) groups is 2. The van der Waals surface area contributed by atoms with Crippen LogP contribution in [0, 0.1) is 0 Å². The molecule has 5 aromatic rings. The van der Waals surface area contributed by atoms with Crippen molar-refractivity contribution in [3.8, 4) is 11.1 Å². The molecule has 224 valence electrons. The van der Waals surface area contributed by atoms with Gasteiger partial charge in [-0.3, -0.25) is 14.6 Å². The first kappa shape index (κ1) is 30.4. The number of alkyl halides is 3. The van der Waals surface area contributed by atoms with E-state index < -0.39 is 17.6 Å². The summed E-state index contributed by atoms with van der Waals surface area (Å²) in [6.07, 6.45) is 1.19. The Morgan fingerprint density at radius 1 is 0.841 bits per heavy atom. The molecule has 2 heterocycles. The molecule has 0 aliphatic carbocycles. The molecular formula is C35H31F3N4O2. The minimum atomic E-state index is -4.45. The lowest BCUT2D eigenvalue weighted by Gasteiger charge is -2.18. The number of hydrogen-bond acceptors (Lipinski definition) is 4. The Balaban J connectivity index is 1.31. The molecule has 0 aliphatic heterocycles. The smallest absolute Gasteiger partial charge is 0.344 e. The van der Waals surface area contributed by atoms with Crippen LogP contribution in [-0.4, -0.2) is 21.8 Å². The van der Waals surface area contributed by atoms with Gasteiger partial charge in [-0.1, -0.05) is 62.6 Å². The molecule has 0 saturated carbocycles. The summed E-state index contributed by atoms with van der Waals surface area (Å²) in [5.41, 5.74) is 2.40. The van der Waals surface area contributed by atoms with Gasteiger partial charge < -0.3 is 10.6 Å². The molecule has 2 aromatic heterocycles. The van der Waals surface area contributed by atoms with E-state index in [4.69, 9.17) is 0 Å². The zero-order valence-electron chi connectivity index (χ0n) is 24.1. The lowest BCUT2D eigenvalue weighted by Crippen LogP contribution is -2.29. The first-order valence-corrected chi connectivity index (χ1v) is 14.4. The van der Waals surface area contributed by atoms with Gasteiger partial charge in [0.1, 0.15) is 5.82 Å². The normalized spacial score (nSPS) is 12.1. The molecule has 0 spiro atoms. The quantitative estimate of drug-likeness (QED) is 0.158. The van der Waals surface area contributed by atoms with Gasteiger partial charge in [0, 0.05) is 22.7 Å². The Kier molecular flexibility index (Phi) is 9.33. The van der Waals surface area contributed by atoms with Gasteiger partial charge in [0.15, 0.2) is 0 Å². The van der Waals surface area contributed by atoms with Crippen molar-refractivity contribution >= 4 is 28.5 Å². The van der Waals surface area contributed by atoms with Crippen LogP contribution in [0.1, 0.15) is 70.6 Å². The summed E-state index contributed by atoms with van der Waals surface area (Å²) >= 11 is 0. The molecule has 1 unspecified atom stereocenters. The number of amides is 2. The van der Waals surface area contributed by atoms with Crippen LogP contribution in [0.5, 0.6) is 0 Å². The fourth-order valence-electron chi connectivity index (χ4n) is 5.01.